The number of rotatable bonds is 6. The molecule has 2 heterocycles. The number of amides is 1. The zero-order valence-corrected chi connectivity index (χ0v) is 16.5. The normalized spacial score (nSPS) is 11.4. The van der Waals surface area contributed by atoms with E-state index in [1.807, 2.05) is 42.5 Å². The summed E-state index contributed by atoms with van der Waals surface area (Å²) in [5.74, 6) is 0.857. The molecule has 0 spiro atoms. The van der Waals surface area contributed by atoms with Gasteiger partial charge in [-0.05, 0) is 29.8 Å². The van der Waals surface area contributed by atoms with Crippen LogP contribution in [0.15, 0.2) is 78.9 Å². The Morgan fingerprint density at radius 1 is 0.931 bits per heavy atom. The summed E-state index contributed by atoms with van der Waals surface area (Å²) in [4.78, 5) is 16.8. The van der Waals surface area contributed by atoms with Crippen molar-refractivity contribution < 1.29 is 4.79 Å². The van der Waals surface area contributed by atoms with Crippen LogP contribution >= 0.6 is 0 Å². The van der Waals surface area contributed by atoms with E-state index in [4.69, 9.17) is 0 Å². The summed E-state index contributed by atoms with van der Waals surface area (Å²) in [5, 5.41) is 10.7. The molecule has 4 rings (SSSR count). The number of nitrogens with one attached hydrogen (secondary N) is 2. The van der Waals surface area contributed by atoms with Gasteiger partial charge in [-0.2, -0.15) is 9.50 Å². The van der Waals surface area contributed by atoms with Gasteiger partial charge in [0.25, 0.3) is 5.91 Å². The van der Waals surface area contributed by atoms with Gasteiger partial charge in [-0.15, -0.1) is 5.10 Å². The van der Waals surface area contributed by atoms with Crippen LogP contribution in [0.3, 0.4) is 0 Å². The van der Waals surface area contributed by atoms with Crippen LogP contribution in [0, 0.1) is 0 Å². The van der Waals surface area contributed by atoms with Crippen molar-refractivity contribution in [1.29, 1.82) is 0 Å². The molecule has 0 radical (unpaired) electrons. The van der Waals surface area contributed by atoms with Crippen molar-refractivity contribution >= 4 is 23.3 Å². The fourth-order valence-electron chi connectivity index (χ4n) is 3.16. The lowest BCUT2D eigenvalue weighted by molar-refractivity contribution is 0.102. The third-order valence-corrected chi connectivity index (χ3v) is 4.89. The van der Waals surface area contributed by atoms with Gasteiger partial charge in [-0.1, -0.05) is 68.4 Å². The minimum absolute atomic E-state index is 0.0611. The summed E-state index contributed by atoms with van der Waals surface area (Å²) >= 11 is 0. The molecule has 0 atom stereocenters. The number of nitrogens with zero attached hydrogens (tertiary/aromatic N) is 3. The van der Waals surface area contributed by atoms with Gasteiger partial charge in [-0.25, -0.2) is 0 Å². The minimum Gasteiger partial charge on any atom is -0.369 e. The fraction of sp³-hybridized carbons (Fsp3) is 0.174. The zero-order valence-electron chi connectivity index (χ0n) is 16.5. The van der Waals surface area contributed by atoms with E-state index >= 15 is 0 Å². The van der Waals surface area contributed by atoms with E-state index in [0.29, 0.717) is 11.2 Å². The molecule has 2 aromatic heterocycles. The topological polar surface area (TPSA) is 71.3 Å². The third-order valence-electron chi connectivity index (χ3n) is 4.89. The minimum atomic E-state index is -0.235. The lowest BCUT2D eigenvalue weighted by Crippen LogP contribution is -2.28. The van der Waals surface area contributed by atoms with Gasteiger partial charge in [0.05, 0.1) is 0 Å². The monoisotopic (exact) mass is 385 g/mol. The second kappa shape index (κ2) is 7.75. The predicted octanol–water partition coefficient (Wildman–Crippen LogP) is 4.37. The van der Waals surface area contributed by atoms with Gasteiger partial charge < -0.3 is 5.32 Å². The third kappa shape index (κ3) is 4.11. The molecule has 0 saturated carbocycles. The molecule has 0 aliphatic rings. The highest BCUT2D eigenvalue weighted by Gasteiger charge is 2.20. The molecule has 0 aliphatic heterocycles. The largest absolute Gasteiger partial charge is 0.369 e. The molecule has 2 aromatic carbocycles. The Morgan fingerprint density at radius 3 is 2.34 bits per heavy atom. The molecule has 0 unspecified atom stereocenters. The van der Waals surface area contributed by atoms with E-state index in [1.165, 1.54) is 5.56 Å². The molecule has 2 N–H and O–H groups in total. The van der Waals surface area contributed by atoms with Crippen LogP contribution < -0.4 is 10.6 Å². The maximum atomic E-state index is 12.4. The molecular weight excluding hydrogens is 362 g/mol. The van der Waals surface area contributed by atoms with Crippen molar-refractivity contribution in [2.24, 2.45) is 0 Å². The quantitative estimate of drug-likeness (QED) is 0.517. The van der Waals surface area contributed by atoms with Crippen LogP contribution in [0.2, 0.25) is 0 Å². The molecule has 0 fully saturated rings. The molecule has 1 amide bonds. The van der Waals surface area contributed by atoms with Gasteiger partial charge in [0.15, 0.2) is 5.65 Å². The van der Waals surface area contributed by atoms with Crippen molar-refractivity contribution in [3.63, 3.8) is 0 Å². The summed E-state index contributed by atoms with van der Waals surface area (Å²) in [7, 11) is 0. The van der Waals surface area contributed by atoms with Gasteiger partial charge in [0.2, 0.25) is 5.95 Å². The second-order valence-electron chi connectivity index (χ2n) is 7.54. The maximum absolute atomic E-state index is 12.4. The summed E-state index contributed by atoms with van der Waals surface area (Å²) in [6.07, 6.45) is 0. The molecule has 4 aromatic rings. The molecule has 0 bridgehead atoms. The first-order valence-electron chi connectivity index (χ1n) is 9.54. The lowest BCUT2D eigenvalue weighted by Gasteiger charge is -2.26. The summed E-state index contributed by atoms with van der Waals surface area (Å²) in [5.41, 5.74) is 2.42. The highest BCUT2D eigenvalue weighted by molar-refractivity contribution is 6.03. The standard InChI is InChI=1S/C23H23N5O/c1-23(2,18-12-7-4-8-13-18)16-24-19-14-9-15-20-25-22(27-28(19)20)26-21(29)17-10-5-3-6-11-17/h3-15,24H,16H2,1-2H3,(H,26,27,29). The number of pyridine rings is 1. The Hall–Kier alpha value is -3.67. The predicted molar refractivity (Wildman–Crippen MR) is 115 cm³/mol. The van der Waals surface area contributed by atoms with Gasteiger partial charge in [0, 0.05) is 17.5 Å². The van der Waals surface area contributed by atoms with Crippen molar-refractivity contribution in [3.05, 3.63) is 90.0 Å². The average molecular weight is 385 g/mol. The molecule has 29 heavy (non-hydrogen) atoms. The van der Waals surface area contributed by atoms with Gasteiger partial charge in [-0.3, -0.25) is 10.1 Å². The number of aromatic nitrogens is 3. The highest BCUT2D eigenvalue weighted by Crippen LogP contribution is 2.24. The summed E-state index contributed by atoms with van der Waals surface area (Å²) in [6, 6.07) is 25.1. The number of anilines is 2. The van der Waals surface area contributed by atoms with Crippen molar-refractivity contribution in [1.82, 2.24) is 14.6 Å². The van der Waals surface area contributed by atoms with Crippen molar-refractivity contribution in [2.45, 2.75) is 19.3 Å². The Morgan fingerprint density at radius 2 is 1.62 bits per heavy atom. The Bertz CT molecular complexity index is 1120. The first-order chi connectivity index (χ1) is 14.0. The molecule has 6 nitrogen and oxygen atoms in total. The summed E-state index contributed by atoms with van der Waals surface area (Å²) < 4.78 is 1.71. The summed E-state index contributed by atoms with van der Waals surface area (Å²) in [6.45, 7) is 5.12. The van der Waals surface area contributed by atoms with Crippen LogP contribution in [-0.2, 0) is 5.41 Å². The number of hydrogen-bond acceptors (Lipinski definition) is 4. The number of fused-ring (bicyclic) bond motifs is 1. The van der Waals surface area contributed by atoms with Crippen LogP contribution in [0.1, 0.15) is 29.8 Å². The van der Waals surface area contributed by atoms with E-state index in [-0.39, 0.29) is 17.3 Å². The molecule has 0 aliphatic carbocycles. The molecular formula is C23H23N5O. The van der Waals surface area contributed by atoms with Crippen molar-refractivity contribution in [3.8, 4) is 0 Å². The van der Waals surface area contributed by atoms with Crippen LogP contribution in [0.25, 0.3) is 5.65 Å². The van der Waals surface area contributed by atoms with Gasteiger partial charge in [0.1, 0.15) is 5.82 Å². The Kier molecular flexibility index (Phi) is 4.99. The molecule has 146 valence electrons. The van der Waals surface area contributed by atoms with E-state index in [0.717, 1.165) is 12.4 Å². The van der Waals surface area contributed by atoms with E-state index in [2.05, 4.69) is 58.8 Å². The van der Waals surface area contributed by atoms with E-state index in [1.54, 1.807) is 16.6 Å². The fourth-order valence-corrected chi connectivity index (χ4v) is 3.16. The van der Waals surface area contributed by atoms with Crippen molar-refractivity contribution in [2.75, 3.05) is 17.2 Å². The molecule has 6 heteroatoms. The highest BCUT2D eigenvalue weighted by atomic mass is 16.1. The zero-order chi connectivity index (χ0) is 20.3. The Labute approximate surface area is 169 Å². The molecule has 0 saturated heterocycles. The first kappa shape index (κ1) is 18.7. The Balaban J connectivity index is 1.53. The SMILES string of the molecule is CC(C)(CNc1cccc2nc(NC(=O)c3ccccc3)nn12)c1ccccc1. The van der Waals surface area contributed by atoms with Crippen LogP contribution in [0.4, 0.5) is 11.8 Å². The number of carbonyl (C=O) groups is 1. The maximum Gasteiger partial charge on any atom is 0.258 e. The lowest BCUT2D eigenvalue weighted by atomic mass is 9.84. The number of benzene rings is 2. The average Bonchev–Trinajstić information content (AvgIpc) is 3.16. The first-order valence-corrected chi connectivity index (χ1v) is 9.54. The van der Waals surface area contributed by atoms with Crippen LogP contribution in [0.5, 0.6) is 0 Å². The number of hydrogen-bond donors (Lipinski definition) is 2. The van der Waals surface area contributed by atoms with Crippen LogP contribution in [-0.4, -0.2) is 27.0 Å². The second-order valence-corrected chi connectivity index (χ2v) is 7.54. The van der Waals surface area contributed by atoms with E-state index in [9.17, 15) is 4.79 Å². The van der Waals surface area contributed by atoms with Gasteiger partial charge >= 0.3 is 0 Å². The number of carbonyl (C=O) groups excluding carboxylic acids is 1. The van der Waals surface area contributed by atoms with E-state index < -0.39 is 0 Å². The smallest absolute Gasteiger partial charge is 0.258 e.